The summed E-state index contributed by atoms with van der Waals surface area (Å²) in [6.45, 7) is 0.567. The highest BCUT2D eigenvalue weighted by atomic mass is 127. The largest absolute Gasteiger partial charge is 0.489 e. The minimum atomic E-state index is 0.567. The van der Waals surface area contributed by atoms with Crippen molar-refractivity contribution >= 4 is 22.6 Å². The Labute approximate surface area is 143 Å². The van der Waals surface area contributed by atoms with Crippen molar-refractivity contribution in [1.82, 2.24) is 0 Å². The highest BCUT2D eigenvalue weighted by molar-refractivity contribution is 14.1. The van der Waals surface area contributed by atoms with E-state index in [9.17, 15) is 0 Å². The third kappa shape index (κ3) is 4.01. The van der Waals surface area contributed by atoms with Gasteiger partial charge < -0.3 is 9.47 Å². The molecule has 0 spiro atoms. The van der Waals surface area contributed by atoms with Crippen LogP contribution in [0, 0.1) is 3.57 Å². The molecular weight excluding hydrogens is 387 g/mol. The van der Waals surface area contributed by atoms with Gasteiger partial charge in [-0.15, -0.1) is 0 Å². The quantitative estimate of drug-likeness (QED) is 0.513. The van der Waals surface area contributed by atoms with Crippen LogP contribution in [0.5, 0.6) is 17.2 Å². The van der Waals surface area contributed by atoms with Crippen molar-refractivity contribution in [3.63, 3.8) is 0 Å². The van der Waals surface area contributed by atoms with E-state index in [0.29, 0.717) is 6.61 Å². The number of rotatable bonds is 5. The second kappa shape index (κ2) is 7.31. The first-order chi connectivity index (χ1) is 10.8. The maximum Gasteiger partial charge on any atom is 0.140 e. The van der Waals surface area contributed by atoms with E-state index in [1.165, 1.54) is 0 Å². The van der Waals surface area contributed by atoms with Crippen molar-refractivity contribution in [2.75, 3.05) is 0 Å². The predicted octanol–water partition coefficient (Wildman–Crippen LogP) is 5.66. The topological polar surface area (TPSA) is 18.5 Å². The van der Waals surface area contributed by atoms with Crippen LogP contribution in [-0.2, 0) is 6.61 Å². The van der Waals surface area contributed by atoms with Crippen LogP contribution in [0.4, 0.5) is 0 Å². The molecule has 2 nitrogen and oxygen atoms in total. The first-order valence-electron chi connectivity index (χ1n) is 7.00. The molecule has 22 heavy (non-hydrogen) atoms. The summed E-state index contributed by atoms with van der Waals surface area (Å²) in [4.78, 5) is 0. The normalized spacial score (nSPS) is 10.2. The number of para-hydroxylation sites is 1. The van der Waals surface area contributed by atoms with Crippen molar-refractivity contribution < 1.29 is 9.47 Å². The number of hydrogen-bond acceptors (Lipinski definition) is 2. The SMILES string of the molecule is Ic1ccccc1Oc1ccc(OCc2ccccc2)cc1. The van der Waals surface area contributed by atoms with Crippen LogP contribution >= 0.6 is 22.6 Å². The maximum absolute atomic E-state index is 5.86. The lowest BCUT2D eigenvalue weighted by Crippen LogP contribution is -1.94. The van der Waals surface area contributed by atoms with Gasteiger partial charge in [0.15, 0.2) is 0 Å². The fraction of sp³-hybridized carbons (Fsp3) is 0.0526. The molecule has 0 N–H and O–H groups in total. The van der Waals surface area contributed by atoms with Crippen LogP contribution in [0.2, 0.25) is 0 Å². The third-order valence-corrected chi connectivity index (χ3v) is 4.03. The van der Waals surface area contributed by atoms with Crippen LogP contribution in [-0.4, -0.2) is 0 Å². The molecule has 0 heterocycles. The molecule has 3 aromatic carbocycles. The van der Waals surface area contributed by atoms with Gasteiger partial charge in [-0.1, -0.05) is 42.5 Å². The summed E-state index contributed by atoms with van der Waals surface area (Å²) in [5, 5.41) is 0. The van der Waals surface area contributed by atoms with Crippen LogP contribution in [0.15, 0.2) is 78.9 Å². The van der Waals surface area contributed by atoms with Crippen molar-refractivity contribution in [3.05, 3.63) is 88.0 Å². The standard InChI is InChI=1S/C19H15IO2/c20-18-8-4-5-9-19(18)22-17-12-10-16(11-13-17)21-14-15-6-2-1-3-7-15/h1-13H,14H2. The molecule has 3 aromatic rings. The van der Waals surface area contributed by atoms with Gasteiger partial charge in [0.1, 0.15) is 23.9 Å². The molecule has 0 bridgehead atoms. The summed E-state index contributed by atoms with van der Waals surface area (Å²) < 4.78 is 12.7. The van der Waals surface area contributed by atoms with Gasteiger partial charge in [0, 0.05) is 0 Å². The zero-order chi connectivity index (χ0) is 15.2. The molecule has 0 amide bonds. The van der Waals surface area contributed by atoms with Crippen LogP contribution in [0.25, 0.3) is 0 Å². The van der Waals surface area contributed by atoms with E-state index < -0.39 is 0 Å². The lowest BCUT2D eigenvalue weighted by Gasteiger charge is -2.09. The highest BCUT2D eigenvalue weighted by Gasteiger charge is 2.02. The van der Waals surface area contributed by atoms with Crippen molar-refractivity contribution in [2.45, 2.75) is 6.61 Å². The first-order valence-corrected chi connectivity index (χ1v) is 8.08. The summed E-state index contributed by atoms with van der Waals surface area (Å²) in [5.74, 6) is 2.50. The van der Waals surface area contributed by atoms with Crippen LogP contribution in [0.1, 0.15) is 5.56 Å². The molecule has 0 unspecified atom stereocenters. The predicted molar refractivity (Wildman–Crippen MR) is 96.4 cm³/mol. The molecule has 0 aliphatic carbocycles. The molecule has 3 heteroatoms. The van der Waals surface area contributed by atoms with E-state index in [4.69, 9.17) is 9.47 Å². The van der Waals surface area contributed by atoms with Gasteiger partial charge in [0.25, 0.3) is 0 Å². The lowest BCUT2D eigenvalue weighted by atomic mass is 10.2. The summed E-state index contributed by atoms with van der Waals surface area (Å²) in [5.41, 5.74) is 1.15. The van der Waals surface area contributed by atoms with Gasteiger partial charge >= 0.3 is 0 Å². The highest BCUT2D eigenvalue weighted by Crippen LogP contribution is 2.27. The smallest absolute Gasteiger partial charge is 0.140 e. The summed E-state index contributed by atoms with van der Waals surface area (Å²) in [6, 6.07) is 25.8. The van der Waals surface area contributed by atoms with E-state index in [2.05, 4.69) is 34.7 Å². The average Bonchev–Trinajstić information content (AvgIpc) is 2.57. The Kier molecular flexibility index (Phi) is 4.96. The molecule has 0 saturated heterocycles. The molecule has 0 radical (unpaired) electrons. The monoisotopic (exact) mass is 402 g/mol. The zero-order valence-corrected chi connectivity index (χ0v) is 14.1. The maximum atomic E-state index is 5.86. The Hall–Kier alpha value is -2.01. The van der Waals surface area contributed by atoms with Gasteiger partial charge in [-0.25, -0.2) is 0 Å². The van der Waals surface area contributed by atoms with E-state index in [0.717, 1.165) is 26.4 Å². The molecule has 0 aromatic heterocycles. The van der Waals surface area contributed by atoms with E-state index in [-0.39, 0.29) is 0 Å². The van der Waals surface area contributed by atoms with Gasteiger partial charge in [-0.3, -0.25) is 0 Å². The summed E-state index contributed by atoms with van der Waals surface area (Å²) in [6.07, 6.45) is 0. The molecule has 0 atom stereocenters. The van der Waals surface area contributed by atoms with Gasteiger partial charge in [0.2, 0.25) is 0 Å². The number of benzene rings is 3. The molecule has 0 saturated carbocycles. The zero-order valence-electron chi connectivity index (χ0n) is 11.9. The Morgan fingerprint density at radius 2 is 1.32 bits per heavy atom. The van der Waals surface area contributed by atoms with Crippen molar-refractivity contribution in [3.8, 4) is 17.2 Å². The minimum absolute atomic E-state index is 0.567. The van der Waals surface area contributed by atoms with E-state index in [1.807, 2.05) is 66.7 Å². The fourth-order valence-corrected chi connectivity index (χ4v) is 2.50. The summed E-state index contributed by atoms with van der Waals surface area (Å²) in [7, 11) is 0. The number of ether oxygens (including phenoxy) is 2. The van der Waals surface area contributed by atoms with Crippen molar-refractivity contribution in [1.29, 1.82) is 0 Å². The number of halogens is 1. The van der Waals surface area contributed by atoms with Crippen LogP contribution < -0.4 is 9.47 Å². The van der Waals surface area contributed by atoms with E-state index >= 15 is 0 Å². The Bertz CT molecular complexity index is 724. The first kappa shape index (κ1) is 14.9. The fourth-order valence-electron chi connectivity index (χ4n) is 2.00. The van der Waals surface area contributed by atoms with E-state index in [1.54, 1.807) is 0 Å². The van der Waals surface area contributed by atoms with Gasteiger partial charge in [-0.05, 0) is 64.6 Å². The van der Waals surface area contributed by atoms with Crippen molar-refractivity contribution in [2.24, 2.45) is 0 Å². The van der Waals surface area contributed by atoms with Gasteiger partial charge in [0.05, 0.1) is 3.57 Å². The Morgan fingerprint density at radius 1 is 0.682 bits per heavy atom. The molecule has 0 aliphatic rings. The molecule has 0 fully saturated rings. The summed E-state index contributed by atoms with van der Waals surface area (Å²) >= 11 is 2.26. The van der Waals surface area contributed by atoms with Gasteiger partial charge in [-0.2, -0.15) is 0 Å². The lowest BCUT2D eigenvalue weighted by molar-refractivity contribution is 0.306. The molecule has 110 valence electrons. The second-order valence-electron chi connectivity index (χ2n) is 4.78. The third-order valence-electron chi connectivity index (χ3n) is 3.14. The number of hydrogen-bond donors (Lipinski definition) is 0. The molecule has 3 rings (SSSR count). The molecular formula is C19H15IO2. The molecule has 0 aliphatic heterocycles. The second-order valence-corrected chi connectivity index (χ2v) is 5.94. The van der Waals surface area contributed by atoms with Crippen LogP contribution in [0.3, 0.4) is 0 Å². The minimum Gasteiger partial charge on any atom is -0.489 e. The Balaban J connectivity index is 1.62. The average molecular weight is 402 g/mol. The Morgan fingerprint density at radius 3 is 2.05 bits per heavy atom.